The molecule has 0 fully saturated rings. The van der Waals surface area contributed by atoms with Gasteiger partial charge in [-0.1, -0.05) is 78.3 Å². The van der Waals surface area contributed by atoms with Gasteiger partial charge in [-0.05, 0) is 41.5 Å². The quantitative estimate of drug-likeness (QED) is 0.441. The van der Waals surface area contributed by atoms with Crippen LogP contribution in [-0.4, -0.2) is 16.9 Å². The van der Waals surface area contributed by atoms with Gasteiger partial charge in [0.2, 0.25) is 5.91 Å². The highest BCUT2D eigenvalue weighted by Gasteiger charge is 2.22. The number of hydrogen-bond acceptors (Lipinski definition) is 3. The highest BCUT2D eigenvalue weighted by Crippen LogP contribution is 2.24. The molecule has 146 valence electrons. The van der Waals surface area contributed by atoms with Crippen molar-refractivity contribution in [2.24, 2.45) is 0 Å². The lowest BCUT2D eigenvalue weighted by Gasteiger charge is -2.19. The molecule has 3 rings (SSSR count). The number of hydrogen-bond donors (Lipinski definition) is 3. The van der Waals surface area contributed by atoms with E-state index in [1.165, 1.54) is 6.07 Å². The van der Waals surface area contributed by atoms with Crippen LogP contribution in [0.2, 0.25) is 5.02 Å². The number of benzene rings is 3. The van der Waals surface area contributed by atoms with Gasteiger partial charge in [0.25, 0.3) is 5.91 Å². The maximum Gasteiger partial charge on any atom is 0.257 e. The van der Waals surface area contributed by atoms with E-state index in [4.69, 9.17) is 23.8 Å². The van der Waals surface area contributed by atoms with Crippen molar-refractivity contribution in [2.45, 2.75) is 5.92 Å². The molecular formula is C22H18ClN3O2S. The van der Waals surface area contributed by atoms with E-state index in [1.54, 1.807) is 18.2 Å². The average molecular weight is 424 g/mol. The van der Waals surface area contributed by atoms with Gasteiger partial charge in [-0.3, -0.25) is 25.8 Å². The van der Waals surface area contributed by atoms with Crippen molar-refractivity contribution in [3.05, 3.63) is 107 Å². The summed E-state index contributed by atoms with van der Waals surface area (Å²) in [5, 5.41) is 2.92. The van der Waals surface area contributed by atoms with Crippen molar-refractivity contribution in [2.75, 3.05) is 0 Å². The van der Waals surface area contributed by atoms with E-state index in [-0.39, 0.29) is 11.0 Å². The molecule has 0 saturated heterocycles. The van der Waals surface area contributed by atoms with Gasteiger partial charge in [0.05, 0.1) is 5.92 Å². The van der Waals surface area contributed by atoms with E-state index < -0.39 is 11.8 Å². The third-order valence-corrected chi connectivity index (χ3v) is 4.58. The van der Waals surface area contributed by atoms with Crippen molar-refractivity contribution in [1.29, 1.82) is 0 Å². The third-order valence-electron chi connectivity index (χ3n) is 4.14. The Hall–Kier alpha value is -3.22. The monoisotopic (exact) mass is 423 g/mol. The molecule has 7 heteroatoms. The SMILES string of the molecule is O=C(NC(=S)NNC(=O)C(c1ccccc1)c1ccccc1)c1cccc(Cl)c1. The predicted molar refractivity (Wildman–Crippen MR) is 118 cm³/mol. The Morgan fingerprint density at radius 1 is 0.793 bits per heavy atom. The summed E-state index contributed by atoms with van der Waals surface area (Å²) in [7, 11) is 0. The van der Waals surface area contributed by atoms with Crippen LogP contribution in [0.1, 0.15) is 27.4 Å². The number of carbonyl (C=O) groups is 2. The van der Waals surface area contributed by atoms with Gasteiger partial charge in [-0.2, -0.15) is 0 Å². The lowest BCUT2D eigenvalue weighted by Crippen LogP contribution is -2.49. The Kier molecular flexibility index (Phi) is 6.94. The summed E-state index contributed by atoms with van der Waals surface area (Å²) in [5.41, 5.74) is 7.20. The summed E-state index contributed by atoms with van der Waals surface area (Å²) in [6.07, 6.45) is 0. The van der Waals surface area contributed by atoms with Crippen LogP contribution in [-0.2, 0) is 4.79 Å². The van der Waals surface area contributed by atoms with Gasteiger partial charge in [0, 0.05) is 10.6 Å². The van der Waals surface area contributed by atoms with Crippen LogP contribution in [0.5, 0.6) is 0 Å². The predicted octanol–water partition coefficient (Wildman–Crippen LogP) is 3.81. The normalized spacial score (nSPS) is 10.3. The third kappa shape index (κ3) is 5.63. The molecule has 3 aromatic rings. The standard InChI is InChI=1S/C22H18ClN3O2S/c23-18-13-7-12-17(14-18)20(27)24-22(29)26-25-21(28)19(15-8-3-1-4-9-15)16-10-5-2-6-11-16/h1-14,19H,(H,25,28)(H2,24,26,27,29). The Morgan fingerprint density at radius 2 is 1.38 bits per heavy atom. The van der Waals surface area contributed by atoms with Crippen molar-refractivity contribution in [3.8, 4) is 0 Å². The zero-order chi connectivity index (χ0) is 20.6. The Morgan fingerprint density at radius 3 is 1.93 bits per heavy atom. The zero-order valence-electron chi connectivity index (χ0n) is 15.3. The molecule has 0 radical (unpaired) electrons. The number of nitrogens with one attached hydrogen (secondary N) is 3. The molecule has 5 nitrogen and oxygen atoms in total. The lowest BCUT2D eigenvalue weighted by atomic mass is 9.91. The van der Waals surface area contributed by atoms with Crippen molar-refractivity contribution in [3.63, 3.8) is 0 Å². The van der Waals surface area contributed by atoms with Crippen LogP contribution in [0, 0.1) is 0 Å². The number of carbonyl (C=O) groups excluding carboxylic acids is 2. The molecule has 3 N–H and O–H groups in total. The van der Waals surface area contributed by atoms with Crippen LogP contribution in [0.25, 0.3) is 0 Å². The minimum Gasteiger partial charge on any atom is -0.298 e. The molecule has 2 amide bonds. The fourth-order valence-electron chi connectivity index (χ4n) is 2.81. The second-order valence-corrected chi connectivity index (χ2v) is 7.01. The molecule has 0 spiro atoms. The summed E-state index contributed by atoms with van der Waals surface area (Å²) >= 11 is 11.0. The Bertz CT molecular complexity index is 973. The molecule has 0 aliphatic heterocycles. The van der Waals surface area contributed by atoms with Crippen LogP contribution in [0.3, 0.4) is 0 Å². The van der Waals surface area contributed by atoms with Crippen molar-refractivity contribution in [1.82, 2.24) is 16.2 Å². The molecular weight excluding hydrogens is 406 g/mol. The van der Waals surface area contributed by atoms with Gasteiger partial charge < -0.3 is 0 Å². The van der Waals surface area contributed by atoms with Crippen LogP contribution < -0.4 is 16.2 Å². The zero-order valence-corrected chi connectivity index (χ0v) is 16.8. The van der Waals surface area contributed by atoms with E-state index in [1.807, 2.05) is 60.7 Å². The lowest BCUT2D eigenvalue weighted by molar-refractivity contribution is -0.122. The molecule has 0 aliphatic carbocycles. The largest absolute Gasteiger partial charge is 0.298 e. The number of halogens is 1. The summed E-state index contributed by atoms with van der Waals surface area (Å²) in [6, 6.07) is 25.3. The summed E-state index contributed by atoms with van der Waals surface area (Å²) < 4.78 is 0. The fraction of sp³-hybridized carbons (Fsp3) is 0.0455. The highest BCUT2D eigenvalue weighted by atomic mass is 35.5. The first kappa shape index (κ1) is 20.5. The molecule has 0 unspecified atom stereocenters. The van der Waals surface area contributed by atoms with Crippen LogP contribution in [0.4, 0.5) is 0 Å². The number of hydrazine groups is 1. The Labute approximate surface area is 179 Å². The maximum absolute atomic E-state index is 12.9. The minimum atomic E-state index is -0.531. The Balaban J connectivity index is 1.66. The van der Waals surface area contributed by atoms with Crippen molar-refractivity contribution >= 4 is 40.7 Å². The van der Waals surface area contributed by atoms with E-state index in [0.29, 0.717) is 10.6 Å². The molecule has 3 aromatic carbocycles. The molecule has 0 heterocycles. The molecule has 0 bridgehead atoms. The van der Waals surface area contributed by atoms with E-state index in [9.17, 15) is 9.59 Å². The second-order valence-electron chi connectivity index (χ2n) is 6.16. The first-order valence-electron chi connectivity index (χ1n) is 8.81. The summed E-state index contributed by atoms with van der Waals surface area (Å²) in [5.74, 6) is -1.26. The van der Waals surface area contributed by atoms with E-state index in [0.717, 1.165) is 11.1 Å². The minimum absolute atomic E-state index is 0.0248. The average Bonchev–Trinajstić information content (AvgIpc) is 2.74. The van der Waals surface area contributed by atoms with Gasteiger partial charge in [-0.25, -0.2) is 0 Å². The summed E-state index contributed by atoms with van der Waals surface area (Å²) in [6.45, 7) is 0. The molecule has 0 atom stereocenters. The first-order valence-corrected chi connectivity index (χ1v) is 9.60. The van der Waals surface area contributed by atoms with Gasteiger partial charge in [0.15, 0.2) is 5.11 Å². The topological polar surface area (TPSA) is 70.2 Å². The molecule has 0 saturated carbocycles. The van der Waals surface area contributed by atoms with Crippen LogP contribution in [0.15, 0.2) is 84.9 Å². The fourth-order valence-corrected chi connectivity index (χ4v) is 3.15. The second kappa shape index (κ2) is 9.82. The van der Waals surface area contributed by atoms with E-state index >= 15 is 0 Å². The summed E-state index contributed by atoms with van der Waals surface area (Å²) in [4.78, 5) is 25.1. The van der Waals surface area contributed by atoms with Gasteiger partial charge in [-0.15, -0.1) is 0 Å². The molecule has 29 heavy (non-hydrogen) atoms. The molecule has 0 aromatic heterocycles. The number of amides is 2. The molecule has 0 aliphatic rings. The van der Waals surface area contributed by atoms with Gasteiger partial charge in [0.1, 0.15) is 0 Å². The number of thiocarbonyl (C=S) groups is 1. The maximum atomic E-state index is 12.9. The number of rotatable bonds is 4. The first-order chi connectivity index (χ1) is 14.0. The van der Waals surface area contributed by atoms with E-state index in [2.05, 4.69) is 16.2 Å². The van der Waals surface area contributed by atoms with Crippen LogP contribution >= 0.6 is 23.8 Å². The van der Waals surface area contributed by atoms with Gasteiger partial charge >= 0.3 is 0 Å². The smallest absolute Gasteiger partial charge is 0.257 e. The van der Waals surface area contributed by atoms with Crippen molar-refractivity contribution < 1.29 is 9.59 Å². The highest BCUT2D eigenvalue weighted by molar-refractivity contribution is 7.80.